The van der Waals surface area contributed by atoms with E-state index in [0.29, 0.717) is 24.1 Å². The van der Waals surface area contributed by atoms with Gasteiger partial charge in [-0.1, -0.05) is 17.8 Å². The number of carbonyl (C=O) groups is 1. The first-order valence-electron chi connectivity index (χ1n) is 8.54. The van der Waals surface area contributed by atoms with Gasteiger partial charge in [-0.05, 0) is 62.1 Å². The van der Waals surface area contributed by atoms with Crippen LogP contribution in [0.1, 0.15) is 39.0 Å². The number of ether oxygens (including phenoxy) is 1. The number of benzene rings is 1. The minimum absolute atomic E-state index is 0.117. The molecule has 0 unspecified atom stereocenters. The molecule has 4 rings (SSSR count). The van der Waals surface area contributed by atoms with Crippen LogP contribution >= 0.6 is 11.3 Å². The summed E-state index contributed by atoms with van der Waals surface area (Å²) in [5, 5.41) is 3.69. The molecular formula is C18H22N2O2S. The van der Waals surface area contributed by atoms with Crippen molar-refractivity contribution in [2.75, 3.05) is 11.9 Å². The van der Waals surface area contributed by atoms with Gasteiger partial charge in [-0.2, -0.15) is 0 Å². The molecule has 2 aliphatic rings. The van der Waals surface area contributed by atoms with Crippen molar-refractivity contribution >= 4 is 32.6 Å². The Morgan fingerprint density at radius 3 is 3.04 bits per heavy atom. The van der Waals surface area contributed by atoms with E-state index >= 15 is 0 Å². The topological polar surface area (TPSA) is 51.2 Å². The lowest BCUT2D eigenvalue weighted by atomic mass is 9.86. The number of amides is 1. The summed E-state index contributed by atoms with van der Waals surface area (Å²) < 4.78 is 6.56. The minimum Gasteiger partial charge on any atom is -0.494 e. The molecule has 5 heteroatoms. The molecule has 1 amide bonds. The number of anilines is 1. The van der Waals surface area contributed by atoms with E-state index in [0.717, 1.165) is 27.8 Å². The van der Waals surface area contributed by atoms with Gasteiger partial charge in [0, 0.05) is 6.42 Å². The number of aromatic nitrogens is 1. The Hall–Kier alpha value is -1.62. The summed E-state index contributed by atoms with van der Waals surface area (Å²) >= 11 is 1.52. The van der Waals surface area contributed by atoms with Crippen molar-refractivity contribution in [1.82, 2.24) is 4.98 Å². The molecule has 23 heavy (non-hydrogen) atoms. The van der Waals surface area contributed by atoms with Gasteiger partial charge in [-0.15, -0.1) is 0 Å². The lowest BCUT2D eigenvalue weighted by Crippen LogP contribution is -2.20. The molecule has 2 fully saturated rings. The quantitative estimate of drug-likeness (QED) is 0.880. The van der Waals surface area contributed by atoms with E-state index < -0.39 is 0 Å². The highest BCUT2D eigenvalue weighted by molar-refractivity contribution is 7.22. The fourth-order valence-corrected chi connectivity index (χ4v) is 5.16. The van der Waals surface area contributed by atoms with Gasteiger partial charge in [0.2, 0.25) is 5.91 Å². The van der Waals surface area contributed by atoms with Crippen LogP contribution in [0, 0.1) is 17.8 Å². The van der Waals surface area contributed by atoms with E-state index in [9.17, 15) is 4.79 Å². The minimum atomic E-state index is 0.117. The predicted molar refractivity (Wildman–Crippen MR) is 93.0 cm³/mol. The van der Waals surface area contributed by atoms with Gasteiger partial charge in [-0.25, -0.2) is 4.98 Å². The second-order valence-corrected chi connectivity index (χ2v) is 7.80. The zero-order valence-corrected chi connectivity index (χ0v) is 14.2. The van der Waals surface area contributed by atoms with Crippen LogP contribution in [-0.4, -0.2) is 17.5 Å². The van der Waals surface area contributed by atoms with Crippen LogP contribution in [-0.2, 0) is 4.79 Å². The molecule has 2 bridgehead atoms. The molecule has 3 atom stereocenters. The molecule has 1 aromatic heterocycles. The van der Waals surface area contributed by atoms with Crippen molar-refractivity contribution in [3.05, 3.63) is 18.2 Å². The Morgan fingerprint density at radius 1 is 1.39 bits per heavy atom. The van der Waals surface area contributed by atoms with Crippen LogP contribution < -0.4 is 10.1 Å². The van der Waals surface area contributed by atoms with Crippen molar-refractivity contribution in [2.24, 2.45) is 17.8 Å². The summed E-state index contributed by atoms with van der Waals surface area (Å²) in [6.45, 7) is 2.62. The van der Waals surface area contributed by atoms with Gasteiger partial charge in [0.1, 0.15) is 5.75 Å². The first-order valence-corrected chi connectivity index (χ1v) is 9.36. The number of carbonyl (C=O) groups excluding carboxylic acids is 1. The van der Waals surface area contributed by atoms with Crippen LogP contribution in [0.4, 0.5) is 5.13 Å². The third-order valence-electron chi connectivity index (χ3n) is 5.25. The van der Waals surface area contributed by atoms with E-state index in [1.807, 2.05) is 25.1 Å². The highest BCUT2D eigenvalue weighted by Gasteiger charge is 2.40. The van der Waals surface area contributed by atoms with Crippen LogP contribution in [0.15, 0.2) is 18.2 Å². The van der Waals surface area contributed by atoms with E-state index in [1.54, 1.807) is 0 Å². The molecule has 1 heterocycles. The molecule has 2 aromatic rings. The molecule has 1 N–H and O–H groups in total. The van der Waals surface area contributed by atoms with Crippen molar-refractivity contribution < 1.29 is 9.53 Å². The molecule has 0 spiro atoms. The summed E-state index contributed by atoms with van der Waals surface area (Å²) in [6, 6.07) is 5.86. The summed E-state index contributed by atoms with van der Waals surface area (Å²) in [5.74, 6) is 3.23. The van der Waals surface area contributed by atoms with Crippen molar-refractivity contribution in [3.63, 3.8) is 0 Å². The van der Waals surface area contributed by atoms with E-state index in [2.05, 4.69) is 10.3 Å². The average molecular weight is 330 g/mol. The normalized spacial score (nSPS) is 25.9. The number of rotatable bonds is 5. The van der Waals surface area contributed by atoms with E-state index in [4.69, 9.17) is 4.74 Å². The Kier molecular flexibility index (Phi) is 3.97. The fourth-order valence-electron chi connectivity index (χ4n) is 4.25. The summed E-state index contributed by atoms with van der Waals surface area (Å²) in [5.41, 5.74) is 0.911. The maximum Gasteiger partial charge on any atom is 0.226 e. The average Bonchev–Trinajstić information content (AvgIpc) is 3.21. The molecule has 0 saturated heterocycles. The smallest absolute Gasteiger partial charge is 0.226 e. The number of nitrogens with one attached hydrogen (secondary N) is 1. The number of fused-ring (bicyclic) bond motifs is 3. The van der Waals surface area contributed by atoms with Gasteiger partial charge in [0.25, 0.3) is 0 Å². The SMILES string of the molecule is CCOc1ccc2nc(NC(=O)C[C@H]3C[C@H]4CC[C@@H]3C4)sc2c1. The van der Waals surface area contributed by atoms with Crippen LogP contribution in [0.5, 0.6) is 5.75 Å². The Balaban J connectivity index is 1.41. The summed E-state index contributed by atoms with van der Waals surface area (Å²) in [7, 11) is 0. The highest BCUT2D eigenvalue weighted by atomic mass is 32.1. The first kappa shape index (κ1) is 14.9. The Bertz CT molecular complexity index is 727. The molecule has 1 aromatic carbocycles. The van der Waals surface area contributed by atoms with Gasteiger partial charge in [0.15, 0.2) is 5.13 Å². The third-order valence-corrected chi connectivity index (χ3v) is 6.18. The molecular weight excluding hydrogens is 308 g/mol. The molecule has 0 radical (unpaired) electrons. The molecule has 4 nitrogen and oxygen atoms in total. The predicted octanol–water partition coefficient (Wildman–Crippen LogP) is 4.46. The maximum absolute atomic E-state index is 12.3. The monoisotopic (exact) mass is 330 g/mol. The van der Waals surface area contributed by atoms with Crippen LogP contribution in [0.2, 0.25) is 0 Å². The number of nitrogens with zero attached hydrogens (tertiary/aromatic N) is 1. The van der Waals surface area contributed by atoms with Crippen molar-refractivity contribution in [1.29, 1.82) is 0 Å². The number of hydrogen-bond acceptors (Lipinski definition) is 4. The van der Waals surface area contributed by atoms with Gasteiger partial charge in [-0.3, -0.25) is 4.79 Å². The maximum atomic E-state index is 12.3. The van der Waals surface area contributed by atoms with Crippen molar-refractivity contribution in [3.8, 4) is 5.75 Å². The highest BCUT2D eigenvalue weighted by Crippen LogP contribution is 2.49. The van der Waals surface area contributed by atoms with E-state index in [-0.39, 0.29) is 5.91 Å². The largest absolute Gasteiger partial charge is 0.494 e. The summed E-state index contributed by atoms with van der Waals surface area (Å²) in [6.07, 6.45) is 5.95. The lowest BCUT2D eigenvalue weighted by Gasteiger charge is -2.20. The van der Waals surface area contributed by atoms with Crippen LogP contribution in [0.3, 0.4) is 0 Å². The van der Waals surface area contributed by atoms with Gasteiger partial charge >= 0.3 is 0 Å². The Morgan fingerprint density at radius 2 is 2.30 bits per heavy atom. The molecule has 2 saturated carbocycles. The standard InChI is InChI=1S/C18H22N2O2S/c1-2-22-14-5-6-15-16(10-14)23-18(19-15)20-17(21)9-13-8-11-3-4-12(13)7-11/h5-6,10-13H,2-4,7-9H2,1H3,(H,19,20,21)/t11-,12+,13+/m0/s1. The van der Waals surface area contributed by atoms with Gasteiger partial charge < -0.3 is 10.1 Å². The first-order chi connectivity index (χ1) is 11.2. The Labute approximate surface area is 140 Å². The third kappa shape index (κ3) is 3.07. The van der Waals surface area contributed by atoms with Gasteiger partial charge in [0.05, 0.1) is 16.8 Å². The fraction of sp³-hybridized carbons (Fsp3) is 0.556. The number of thiazole rings is 1. The molecule has 0 aliphatic heterocycles. The zero-order valence-electron chi connectivity index (χ0n) is 13.4. The van der Waals surface area contributed by atoms with Crippen molar-refractivity contribution in [2.45, 2.75) is 39.0 Å². The lowest BCUT2D eigenvalue weighted by molar-refractivity contribution is -0.117. The second-order valence-electron chi connectivity index (χ2n) is 6.77. The summed E-state index contributed by atoms with van der Waals surface area (Å²) in [4.78, 5) is 16.8. The molecule has 2 aliphatic carbocycles. The molecule has 122 valence electrons. The number of hydrogen-bond donors (Lipinski definition) is 1. The van der Waals surface area contributed by atoms with E-state index in [1.165, 1.54) is 37.0 Å². The second kappa shape index (κ2) is 6.11. The van der Waals surface area contributed by atoms with Crippen LogP contribution in [0.25, 0.3) is 10.2 Å². The zero-order chi connectivity index (χ0) is 15.8.